The molecule has 0 fully saturated rings. The minimum Gasteiger partial charge on any atom is -0.380 e. The van der Waals surface area contributed by atoms with Crippen LogP contribution >= 0.6 is 0 Å². The van der Waals surface area contributed by atoms with Gasteiger partial charge in [0, 0.05) is 7.11 Å². The Morgan fingerprint density at radius 2 is 2.00 bits per heavy atom. The maximum absolute atomic E-state index is 5.40. The summed E-state index contributed by atoms with van der Waals surface area (Å²) in [4.78, 5) is 0. The Labute approximate surface area is 118 Å². The van der Waals surface area contributed by atoms with Crippen LogP contribution in [0.25, 0.3) is 0 Å². The highest BCUT2D eigenvalue weighted by atomic mass is 16.5. The van der Waals surface area contributed by atoms with Gasteiger partial charge in [-0.15, -0.1) is 0 Å². The topological polar surface area (TPSA) is 9.23 Å². The highest BCUT2D eigenvalue weighted by molar-refractivity contribution is 5.46. The molecule has 2 atom stereocenters. The molecule has 1 aliphatic rings. The minimum absolute atomic E-state index is 0.727. The van der Waals surface area contributed by atoms with Crippen LogP contribution in [-0.2, 0) is 17.8 Å². The molecule has 106 valence electrons. The third-order valence-corrected chi connectivity index (χ3v) is 4.67. The van der Waals surface area contributed by atoms with Crippen LogP contribution in [0.3, 0.4) is 0 Å². The molecule has 1 aromatic rings. The Hall–Kier alpha value is -0.820. The molecule has 19 heavy (non-hydrogen) atoms. The molecule has 0 radical (unpaired) electrons. The van der Waals surface area contributed by atoms with Gasteiger partial charge in [0.2, 0.25) is 0 Å². The van der Waals surface area contributed by atoms with Gasteiger partial charge in [-0.3, -0.25) is 0 Å². The number of ether oxygens (including phenoxy) is 1. The number of hydrogen-bond donors (Lipinski definition) is 0. The van der Waals surface area contributed by atoms with E-state index in [2.05, 4.69) is 32.9 Å². The smallest absolute Gasteiger partial charge is 0.0715 e. The fourth-order valence-corrected chi connectivity index (χ4v) is 3.64. The second-order valence-electron chi connectivity index (χ2n) is 5.97. The van der Waals surface area contributed by atoms with Crippen LogP contribution < -0.4 is 0 Å². The molecule has 0 saturated heterocycles. The summed E-state index contributed by atoms with van der Waals surface area (Å²) in [5, 5.41) is 0. The standard InChI is InChI=1S/C18H28O/c1-5-7-17-15(12-19-4)10-11-16-13(3)8-9-14(6-2)18(16)17/h10-11,13-14H,5-9,12H2,1-4H3. The molecule has 0 amide bonds. The normalized spacial score (nSPS) is 22.3. The van der Waals surface area contributed by atoms with E-state index < -0.39 is 0 Å². The second kappa shape index (κ2) is 6.56. The lowest BCUT2D eigenvalue weighted by Crippen LogP contribution is -2.16. The molecule has 0 saturated carbocycles. The maximum atomic E-state index is 5.40. The minimum atomic E-state index is 0.727. The van der Waals surface area contributed by atoms with Gasteiger partial charge in [-0.25, -0.2) is 0 Å². The first-order chi connectivity index (χ1) is 9.22. The summed E-state index contributed by atoms with van der Waals surface area (Å²) < 4.78 is 5.40. The molecule has 0 spiro atoms. The van der Waals surface area contributed by atoms with Gasteiger partial charge in [-0.2, -0.15) is 0 Å². The fourth-order valence-electron chi connectivity index (χ4n) is 3.64. The van der Waals surface area contributed by atoms with Crippen molar-refractivity contribution in [3.05, 3.63) is 34.4 Å². The predicted molar refractivity (Wildman–Crippen MR) is 81.8 cm³/mol. The van der Waals surface area contributed by atoms with Crippen molar-refractivity contribution in [2.24, 2.45) is 0 Å². The van der Waals surface area contributed by atoms with E-state index in [9.17, 15) is 0 Å². The van der Waals surface area contributed by atoms with E-state index >= 15 is 0 Å². The average Bonchev–Trinajstić information content (AvgIpc) is 2.42. The van der Waals surface area contributed by atoms with Crippen molar-refractivity contribution in [3.8, 4) is 0 Å². The average molecular weight is 260 g/mol. The zero-order chi connectivity index (χ0) is 13.8. The van der Waals surface area contributed by atoms with Crippen LogP contribution in [0.15, 0.2) is 12.1 Å². The molecule has 2 rings (SSSR count). The second-order valence-corrected chi connectivity index (χ2v) is 5.97. The number of hydrogen-bond acceptors (Lipinski definition) is 1. The van der Waals surface area contributed by atoms with E-state index in [1.807, 2.05) is 0 Å². The first kappa shape index (κ1) is 14.6. The van der Waals surface area contributed by atoms with Crippen LogP contribution in [0.4, 0.5) is 0 Å². The predicted octanol–water partition coefficient (Wildman–Crippen LogP) is 5.18. The Bertz CT molecular complexity index is 422. The zero-order valence-electron chi connectivity index (χ0n) is 13.0. The van der Waals surface area contributed by atoms with Crippen molar-refractivity contribution < 1.29 is 4.74 Å². The molecule has 0 N–H and O–H groups in total. The SMILES string of the molecule is CCCc1c(COC)ccc2c1C(CC)CCC2C. The van der Waals surface area contributed by atoms with Crippen LogP contribution in [0.5, 0.6) is 0 Å². The van der Waals surface area contributed by atoms with Crippen molar-refractivity contribution in [1.82, 2.24) is 0 Å². The van der Waals surface area contributed by atoms with Gasteiger partial charge in [0.15, 0.2) is 0 Å². The zero-order valence-corrected chi connectivity index (χ0v) is 13.0. The highest BCUT2D eigenvalue weighted by Crippen LogP contribution is 2.43. The molecule has 0 bridgehead atoms. The molecule has 2 unspecified atom stereocenters. The molecule has 1 aromatic carbocycles. The first-order valence-electron chi connectivity index (χ1n) is 7.86. The quantitative estimate of drug-likeness (QED) is 0.709. The molecular formula is C18H28O. The third-order valence-electron chi connectivity index (χ3n) is 4.67. The molecule has 1 heteroatoms. The van der Waals surface area contributed by atoms with E-state index in [1.165, 1.54) is 37.7 Å². The molecular weight excluding hydrogens is 232 g/mol. The van der Waals surface area contributed by atoms with E-state index in [1.54, 1.807) is 23.8 Å². The number of benzene rings is 1. The van der Waals surface area contributed by atoms with Crippen molar-refractivity contribution in [2.45, 2.75) is 71.3 Å². The van der Waals surface area contributed by atoms with E-state index in [-0.39, 0.29) is 0 Å². The summed E-state index contributed by atoms with van der Waals surface area (Å²) in [6.45, 7) is 7.76. The lowest BCUT2D eigenvalue weighted by Gasteiger charge is -2.32. The third kappa shape index (κ3) is 2.86. The van der Waals surface area contributed by atoms with Gasteiger partial charge in [-0.1, -0.05) is 39.3 Å². The summed E-state index contributed by atoms with van der Waals surface area (Å²) in [5.74, 6) is 1.49. The Balaban J connectivity index is 2.53. The Morgan fingerprint density at radius 3 is 2.63 bits per heavy atom. The Kier molecular flexibility index (Phi) is 5.04. The van der Waals surface area contributed by atoms with Crippen molar-refractivity contribution in [1.29, 1.82) is 0 Å². The van der Waals surface area contributed by atoms with Gasteiger partial charge in [-0.05, 0) is 59.8 Å². The maximum Gasteiger partial charge on any atom is 0.0715 e. The lowest BCUT2D eigenvalue weighted by molar-refractivity contribution is 0.184. The van der Waals surface area contributed by atoms with Gasteiger partial charge in [0.05, 0.1) is 6.61 Å². The summed E-state index contributed by atoms with van der Waals surface area (Å²) in [7, 11) is 1.80. The fraction of sp³-hybridized carbons (Fsp3) is 0.667. The van der Waals surface area contributed by atoms with Crippen molar-refractivity contribution >= 4 is 0 Å². The Morgan fingerprint density at radius 1 is 1.21 bits per heavy atom. The monoisotopic (exact) mass is 260 g/mol. The molecule has 0 aromatic heterocycles. The molecule has 0 heterocycles. The van der Waals surface area contributed by atoms with Gasteiger partial charge < -0.3 is 4.74 Å². The van der Waals surface area contributed by atoms with Gasteiger partial charge >= 0.3 is 0 Å². The lowest BCUT2D eigenvalue weighted by atomic mass is 9.73. The first-order valence-corrected chi connectivity index (χ1v) is 7.86. The number of rotatable bonds is 5. The van der Waals surface area contributed by atoms with E-state index in [0.29, 0.717) is 0 Å². The van der Waals surface area contributed by atoms with Crippen molar-refractivity contribution in [2.75, 3.05) is 7.11 Å². The number of fused-ring (bicyclic) bond motifs is 1. The van der Waals surface area contributed by atoms with Crippen LogP contribution in [0, 0.1) is 0 Å². The summed E-state index contributed by atoms with van der Waals surface area (Å²) in [6, 6.07) is 4.68. The molecule has 1 nitrogen and oxygen atoms in total. The molecule has 0 aliphatic heterocycles. The van der Waals surface area contributed by atoms with Crippen LogP contribution in [0.2, 0.25) is 0 Å². The van der Waals surface area contributed by atoms with Gasteiger partial charge in [0.1, 0.15) is 0 Å². The number of methoxy groups -OCH3 is 1. The van der Waals surface area contributed by atoms with E-state index in [0.717, 1.165) is 18.4 Å². The summed E-state index contributed by atoms with van der Waals surface area (Å²) >= 11 is 0. The van der Waals surface area contributed by atoms with Crippen molar-refractivity contribution in [3.63, 3.8) is 0 Å². The largest absolute Gasteiger partial charge is 0.380 e. The summed E-state index contributed by atoms with van der Waals surface area (Å²) in [6.07, 6.45) is 6.40. The van der Waals surface area contributed by atoms with E-state index in [4.69, 9.17) is 4.74 Å². The molecule has 1 aliphatic carbocycles. The van der Waals surface area contributed by atoms with Crippen LogP contribution in [0.1, 0.15) is 80.5 Å². The van der Waals surface area contributed by atoms with Crippen LogP contribution in [-0.4, -0.2) is 7.11 Å². The highest BCUT2D eigenvalue weighted by Gasteiger charge is 2.27. The van der Waals surface area contributed by atoms with Gasteiger partial charge in [0.25, 0.3) is 0 Å². The summed E-state index contributed by atoms with van der Waals surface area (Å²) in [5.41, 5.74) is 6.30.